The van der Waals surface area contributed by atoms with Crippen molar-refractivity contribution in [1.82, 2.24) is 0 Å². The number of alkyl halides is 3. The number of nitriles is 1. The molecule has 2 aromatic rings. The highest BCUT2D eigenvalue weighted by Gasteiger charge is 2.56. The molecule has 2 unspecified atom stereocenters. The number of nitrogens with two attached hydrogens (primary N) is 1. The third-order valence-electron chi connectivity index (χ3n) is 5.51. The van der Waals surface area contributed by atoms with E-state index in [4.69, 9.17) is 11.0 Å². The topological polar surface area (TPSA) is 90.3 Å². The van der Waals surface area contributed by atoms with E-state index in [-0.39, 0.29) is 23.4 Å². The molecule has 0 spiro atoms. The van der Waals surface area contributed by atoms with Gasteiger partial charge in [-0.15, -0.1) is 0 Å². The van der Waals surface area contributed by atoms with Crippen molar-refractivity contribution in [2.75, 3.05) is 0 Å². The minimum atomic E-state index is -5.03. The molecule has 2 atom stereocenters. The molecule has 32 heavy (non-hydrogen) atoms. The maximum Gasteiger partial charge on any atom is 0.417 e. The summed E-state index contributed by atoms with van der Waals surface area (Å²) < 4.78 is 56.0. The fraction of sp³-hybridized carbons (Fsp3) is 0.375. The summed E-state index contributed by atoms with van der Waals surface area (Å²) in [4.78, 5) is 0. The second-order valence-electron chi connectivity index (χ2n) is 8.31. The van der Waals surface area contributed by atoms with Crippen LogP contribution in [0.25, 0.3) is 6.08 Å². The van der Waals surface area contributed by atoms with Crippen molar-refractivity contribution in [3.05, 3.63) is 70.7 Å². The predicted octanol–water partition coefficient (Wildman–Crippen LogP) is 5.53. The Morgan fingerprint density at radius 3 is 2.31 bits per heavy atom. The van der Waals surface area contributed by atoms with Gasteiger partial charge in [-0.1, -0.05) is 32.4 Å². The van der Waals surface area contributed by atoms with Gasteiger partial charge < -0.3 is 15.9 Å². The average molecular weight is 450 g/mol. The van der Waals surface area contributed by atoms with Crippen LogP contribution in [0, 0.1) is 17.1 Å². The van der Waals surface area contributed by atoms with Crippen molar-refractivity contribution in [3.63, 3.8) is 0 Å². The first-order valence-corrected chi connectivity index (χ1v) is 10.1. The van der Waals surface area contributed by atoms with E-state index >= 15 is 0 Å². The minimum Gasteiger partial charge on any atom is -0.508 e. The van der Waals surface area contributed by atoms with E-state index in [1.54, 1.807) is 6.92 Å². The Hall–Kier alpha value is -3.05. The van der Waals surface area contributed by atoms with Crippen LogP contribution in [-0.2, 0) is 5.41 Å². The standard InChI is InChI=1S/C24H26F4N2O2/c1-3-10-22(2,20-12-18(25)8-9-21(20)31)15-23(32,24(26,27)28)13-19(30)11-16-4-6-17(14-29)7-5-16/h4-9,11-12,31-32H,3,10,13,15,30H2,1-2H3/b19-11-. The SMILES string of the molecule is CCCC(C)(CC(O)(C/C(N)=C/c1ccc(C#N)cc1)C(F)(F)F)c1cc(F)ccc1O. The van der Waals surface area contributed by atoms with Crippen molar-refractivity contribution in [2.45, 2.75) is 56.7 Å². The van der Waals surface area contributed by atoms with Crippen LogP contribution >= 0.6 is 0 Å². The second kappa shape index (κ2) is 9.61. The lowest BCUT2D eigenvalue weighted by molar-refractivity contribution is -0.266. The van der Waals surface area contributed by atoms with Crippen LogP contribution < -0.4 is 5.73 Å². The smallest absolute Gasteiger partial charge is 0.417 e. The van der Waals surface area contributed by atoms with Crippen molar-refractivity contribution in [2.24, 2.45) is 5.73 Å². The molecule has 8 heteroatoms. The molecule has 0 radical (unpaired) electrons. The highest BCUT2D eigenvalue weighted by atomic mass is 19.4. The van der Waals surface area contributed by atoms with E-state index in [9.17, 15) is 27.8 Å². The molecule has 4 N–H and O–H groups in total. The summed E-state index contributed by atoms with van der Waals surface area (Å²) in [5, 5.41) is 29.9. The van der Waals surface area contributed by atoms with Gasteiger partial charge in [0.25, 0.3) is 0 Å². The van der Waals surface area contributed by atoms with Gasteiger partial charge >= 0.3 is 6.18 Å². The Labute approximate surface area is 184 Å². The number of phenols is 1. The predicted molar refractivity (Wildman–Crippen MR) is 114 cm³/mol. The van der Waals surface area contributed by atoms with E-state index in [0.717, 1.165) is 18.2 Å². The summed E-state index contributed by atoms with van der Waals surface area (Å²) >= 11 is 0. The molecule has 2 rings (SSSR count). The number of aliphatic hydroxyl groups is 1. The van der Waals surface area contributed by atoms with E-state index in [2.05, 4.69) is 0 Å². The zero-order chi connectivity index (χ0) is 24.2. The quantitative estimate of drug-likeness (QED) is 0.461. The zero-order valence-electron chi connectivity index (χ0n) is 17.9. The number of hydrogen-bond donors (Lipinski definition) is 3. The molecule has 0 aromatic heterocycles. The molecule has 0 saturated heterocycles. The van der Waals surface area contributed by atoms with Crippen LogP contribution in [0.5, 0.6) is 5.75 Å². The molecule has 0 aliphatic rings. The van der Waals surface area contributed by atoms with E-state index in [1.165, 1.54) is 37.3 Å². The summed E-state index contributed by atoms with van der Waals surface area (Å²) in [6.07, 6.45) is -4.86. The van der Waals surface area contributed by atoms with Gasteiger partial charge in [0.1, 0.15) is 11.6 Å². The number of aromatic hydroxyl groups is 1. The lowest BCUT2D eigenvalue weighted by Gasteiger charge is -2.40. The summed E-state index contributed by atoms with van der Waals surface area (Å²) in [6, 6.07) is 11.1. The van der Waals surface area contributed by atoms with Gasteiger partial charge in [-0.25, -0.2) is 4.39 Å². The molecule has 4 nitrogen and oxygen atoms in total. The van der Waals surface area contributed by atoms with Gasteiger partial charge in [0.2, 0.25) is 0 Å². The average Bonchev–Trinajstić information content (AvgIpc) is 2.69. The number of phenolic OH excluding ortho intramolecular Hbond substituents is 1. The molecular weight excluding hydrogens is 424 g/mol. The van der Waals surface area contributed by atoms with Gasteiger partial charge in [-0.2, -0.15) is 18.4 Å². The largest absolute Gasteiger partial charge is 0.508 e. The second-order valence-corrected chi connectivity index (χ2v) is 8.31. The summed E-state index contributed by atoms with van der Waals surface area (Å²) in [5.41, 5.74) is 1.93. The highest BCUT2D eigenvalue weighted by Crippen LogP contribution is 2.47. The number of hydrogen-bond acceptors (Lipinski definition) is 4. The molecular formula is C24H26F4N2O2. The maximum atomic E-state index is 14.1. The first-order chi connectivity index (χ1) is 14.8. The first-order valence-electron chi connectivity index (χ1n) is 10.1. The molecule has 0 bridgehead atoms. The van der Waals surface area contributed by atoms with Crippen LogP contribution in [0.1, 0.15) is 56.2 Å². The number of nitrogens with zero attached hydrogens (tertiary/aromatic N) is 1. The summed E-state index contributed by atoms with van der Waals surface area (Å²) in [5.74, 6) is -1.04. The third-order valence-corrected chi connectivity index (χ3v) is 5.51. The van der Waals surface area contributed by atoms with Gasteiger partial charge in [0.05, 0.1) is 11.6 Å². The fourth-order valence-electron chi connectivity index (χ4n) is 4.03. The van der Waals surface area contributed by atoms with Gasteiger partial charge in [0.15, 0.2) is 5.60 Å². The lowest BCUT2D eigenvalue weighted by Crippen LogP contribution is -2.50. The Morgan fingerprint density at radius 1 is 1.16 bits per heavy atom. The van der Waals surface area contributed by atoms with Crippen LogP contribution in [0.4, 0.5) is 17.6 Å². The third kappa shape index (κ3) is 5.80. The monoisotopic (exact) mass is 450 g/mol. The van der Waals surface area contributed by atoms with Gasteiger partial charge in [0, 0.05) is 17.7 Å². The van der Waals surface area contributed by atoms with Gasteiger partial charge in [-0.3, -0.25) is 0 Å². The normalized spacial score (nSPS) is 16.1. The molecule has 0 fully saturated rings. The lowest BCUT2D eigenvalue weighted by atomic mass is 9.69. The van der Waals surface area contributed by atoms with Crippen molar-refractivity contribution in [1.29, 1.82) is 5.26 Å². The number of halogens is 4. The zero-order valence-corrected chi connectivity index (χ0v) is 17.9. The Kier molecular flexibility index (Phi) is 7.58. The fourth-order valence-corrected chi connectivity index (χ4v) is 4.03. The van der Waals surface area contributed by atoms with E-state index < -0.39 is 35.9 Å². The Bertz CT molecular complexity index is 1010. The van der Waals surface area contributed by atoms with Crippen LogP contribution in [0.3, 0.4) is 0 Å². The molecule has 0 amide bonds. The summed E-state index contributed by atoms with van der Waals surface area (Å²) in [6.45, 7) is 3.21. The molecule has 0 saturated carbocycles. The summed E-state index contributed by atoms with van der Waals surface area (Å²) in [7, 11) is 0. The van der Waals surface area contributed by atoms with Crippen molar-refractivity contribution in [3.8, 4) is 11.8 Å². The first kappa shape index (κ1) is 25.2. The molecule has 0 aliphatic carbocycles. The Balaban J connectivity index is 2.44. The maximum absolute atomic E-state index is 14.1. The Morgan fingerprint density at radius 2 is 1.78 bits per heavy atom. The molecule has 2 aromatic carbocycles. The molecule has 0 aliphatic heterocycles. The van der Waals surface area contributed by atoms with Crippen LogP contribution in [0.2, 0.25) is 0 Å². The van der Waals surface area contributed by atoms with E-state index in [1.807, 2.05) is 6.07 Å². The van der Waals surface area contributed by atoms with Gasteiger partial charge in [-0.05, 0) is 60.2 Å². The molecule has 0 heterocycles. The van der Waals surface area contributed by atoms with Crippen molar-refractivity contribution >= 4 is 6.08 Å². The van der Waals surface area contributed by atoms with Crippen LogP contribution in [-0.4, -0.2) is 22.0 Å². The highest BCUT2D eigenvalue weighted by molar-refractivity contribution is 5.53. The van der Waals surface area contributed by atoms with E-state index in [0.29, 0.717) is 17.5 Å². The van der Waals surface area contributed by atoms with Crippen LogP contribution in [0.15, 0.2) is 48.2 Å². The number of rotatable bonds is 8. The number of benzene rings is 2. The van der Waals surface area contributed by atoms with Crippen molar-refractivity contribution < 1.29 is 27.8 Å². The molecule has 172 valence electrons. The minimum absolute atomic E-state index is 0.00308.